The second-order valence-corrected chi connectivity index (χ2v) is 3.82. The highest BCUT2D eigenvalue weighted by Gasteiger charge is 2.24. The summed E-state index contributed by atoms with van der Waals surface area (Å²) in [5.41, 5.74) is 8.90. The highest BCUT2D eigenvalue weighted by atomic mass is 16.1. The molecule has 1 fully saturated rings. The molecule has 74 valence electrons. The molecule has 3 N–H and O–H groups in total. The number of nitrogen functional groups attached to an aromatic ring is 1. The van der Waals surface area contributed by atoms with Crippen molar-refractivity contribution in [2.45, 2.75) is 19.3 Å². The van der Waals surface area contributed by atoms with Crippen LogP contribution >= 0.6 is 0 Å². The SMILES string of the molecule is Cc1ccc(N)cc1C1CNC(=O)C1. The average molecular weight is 190 g/mol. The van der Waals surface area contributed by atoms with Gasteiger partial charge >= 0.3 is 0 Å². The molecule has 1 aromatic rings. The van der Waals surface area contributed by atoms with E-state index in [1.807, 2.05) is 18.2 Å². The number of hydrogen-bond acceptors (Lipinski definition) is 2. The summed E-state index contributed by atoms with van der Waals surface area (Å²) in [5, 5.41) is 2.84. The topological polar surface area (TPSA) is 55.1 Å². The number of aryl methyl sites for hydroxylation is 1. The van der Waals surface area contributed by atoms with Crippen LogP contribution in [0.3, 0.4) is 0 Å². The first-order valence-electron chi connectivity index (χ1n) is 4.79. The summed E-state index contributed by atoms with van der Waals surface area (Å²) in [6.07, 6.45) is 0.588. The number of carbonyl (C=O) groups excluding carboxylic acids is 1. The van der Waals surface area contributed by atoms with Crippen LogP contribution in [0.2, 0.25) is 0 Å². The number of anilines is 1. The molecule has 0 radical (unpaired) electrons. The zero-order valence-corrected chi connectivity index (χ0v) is 8.21. The van der Waals surface area contributed by atoms with E-state index in [-0.39, 0.29) is 5.91 Å². The van der Waals surface area contributed by atoms with Gasteiger partial charge in [-0.2, -0.15) is 0 Å². The van der Waals surface area contributed by atoms with Crippen LogP contribution in [-0.4, -0.2) is 12.5 Å². The van der Waals surface area contributed by atoms with Crippen LogP contribution in [-0.2, 0) is 4.79 Å². The number of benzene rings is 1. The predicted molar refractivity (Wildman–Crippen MR) is 56.0 cm³/mol. The second kappa shape index (κ2) is 3.33. The van der Waals surface area contributed by atoms with Gasteiger partial charge in [-0.15, -0.1) is 0 Å². The third-order valence-corrected chi connectivity index (χ3v) is 2.72. The first kappa shape index (κ1) is 9.06. The maximum Gasteiger partial charge on any atom is 0.220 e. The standard InChI is InChI=1S/C11H14N2O/c1-7-2-3-9(12)5-10(7)8-4-11(14)13-6-8/h2-3,5,8H,4,6,12H2,1H3,(H,13,14). The van der Waals surface area contributed by atoms with Crippen molar-refractivity contribution in [3.8, 4) is 0 Å². The Bertz CT molecular complexity index is 374. The van der Waals surface area contributed by atoms with E-state index in [1.165, 1.54) is 11.1 Å². The maximum atomic E-state index is 11.1. The number of rotatable bonds is 1. The molecular weight excluding hydrogens is 176 g/mol. The molecular formula is C11H14N2O. The van der Waals surface area contributed by atoms with Crippen LogP contribution < -0.4 is 11.1 Å². The molecule has 1 aliphatic heterocycles. The fourth-order valence-corrected chi connectivity index (χ4v) is 1.92. The summed E-state index contributed by atoms with van der Waals surface area (Å²) in [5.74, 6) is 0.433. The van der Waals surface area contributed by atoms with E-state index in [0.29, 0.717) is 12.3 Å². The smallest absolute Gasteiger partial charge is 0.220 e. The van der Waals surface area contributed by atoms with Crippen LogP contribution in [0, 0.1) is 6.92 Å². The highest BCUT2D eigenvalue weighted by Crippen LogP contribution is 2.27. The molecule has 0 saturated carbocycles. The maximum absolute atomic E-state index is 11.1. The van der Waals surface area contributed by atoms with Crippen LogP contribution in [0.1, 0.15) is 23.5 Å². The molecule has 0 aliphatic carbocycles. The molecule has 1 unspecified atom stereocenters. The second-order valence-electron chi connectivity index (χ2n) is 3.82. The largest absolute Gasteiger partial charge is 0.399 e. The van der Waals surface area contributed by atoms with Crippen molar-refractivity contribution in [3.63, 3.8) is 0 Å². The molecule has 3 heteroatoms. The van der Waals surface area contributed by atoms with Gasteiger partial charge < -0.3 is 11.1 Å². The van der Waals surface area contributed by atoms with E-state index in [1.54, 1.807) is 0 Å². The van der Waals surface area contributed by atoms with E-state index < -0.39 is 0 Å². The molecule has 0 spiro atoms. The van der Waals surface area contributed by atoms with E-state index in [9.17, 15) is 4.79 Å². The summed E-state index contributed by atoms with van der Waals surface area (Å²) in [6.45, 7) is 2.79. The zero-order chi connectivity index (χ0) is 10.1. The molecule has 1 aliphatic rings. The van der Waals surface area contributed by atoms with E-state index in [4.69, 9.17) is 5.73 Å². The molecule has 1 aromatic carbocycles. The Kier molecular flexibility index (Phi) is 2.15. The lowest BCUT2D eigenvalue weighted by Gasteiger charge is -2.11. The Morgan fingerprint density at radius 3 is 2.93 bits per heavy atom. The first-order chi connectivity index (χ1) is 6.66. The van der Waals surface area contributed by atoms with Gasteiger partial charge in [0.15, 0.2) is 0 Å². The van der Waals surface area contributed by atoms with Crippen molar-refractivity contribution in [2.24, 2.45) is 0 Å². The molecule has 1 heterocycles. The van der Waals surface area contributed by atoms with Gasteiger partial charge in [-0.3, -0.25) is 4.79 Å². The van der Waals surface area contributed by atoms with Gasteiger partial charge in [0, 0.05) is 24.6 Å². The van der Waals surface area contributed by atoms with E-state index in [2.05, 4.69) is 12.2 Å². The van der Waals surface area contributed by atoms with Crippen LogP contribution in [0.15, 0.2) is 18.2 Å². The van der Waals surface area contributed by atoms with Crippen molar-refractivity contribution >= 4 is 11.6 Å². The minimum Gasteiger partial charge on any atom is -0.399 e. The molecule has 1 amide bonds. The van der Waals surface area contributed by atoms with Gasteiger partial charge in [-0.25, -0.2) is 0 Å². The third kappa shape index (κ3) is 1.58. The number of amides is 1. The molecule has 2 rings (SSSR count). The Labute approximate surface area is 83.3 Å². The first-order valence-corrected chi connectivity index (χ1v) is 4.79. The highest BCUT2D eigenvalue weighted by molar-refractivity contribution is 5.79. The van der Waals surface area contributed by atoms with Gasteiger partial charge in [0.25, 0.3) is 0 Å². The van der Waals surface area contributed by atoms with Crippen molar-refractivity contribution in [3.05, 3.63) is 29.3 Å². The lowest BCUT2D eigenvalue weighted by Crippen LogP contribution is -2.13. The summed E-state index contributed by atoms with van der Waals surface area (Å²) in [7, 11) is 0. The number of nitrogens with one attached hydrogen (secondary N) is 1. The molecule has 3 nitrogen and oxygen atoms in total. The molecule has 14 heavy (non-hydrogen) atoms. The minimum atomic E-state index is 0.136. The lowest BCUT2D eigenvalue weighted by atomic mass is 9.93. The van der Waals surface area contributed by atoms with E-state index >= 15 is 0 Å². The summed E-state index contributed by atoms with van der Waals surface area (Å²) in [4.78, 5) is 11.1. The lowest BCUT2D eigenvalue weighted by molar-refractivity contribution is -0.119. The molecule has 0 aromatic heterocycles. The van der Waals surface area contributed by atoms with Crippen LogP contribution in [0.5, 0.6) is 0 Å². The molecule has 1 saturated heterocycles. The predicted octanol–water partition coefficient (Wildman–Crippen LogP) is 1.18. The van der Waals surface area contributed by atoms with E-state index in [0.717, 1.165) is 12.2 Å². The van der Waals surface area contributed by atoms with Gasteiger partial charge in [0.05, 0.1) is 0 Å². The van der Waals surface area contributed by atoms with Crippen molar-refractivity contribution in [2.75, 3.05) is 12.3 Å². The third-order valence-electron chi connectivity index (χ3n) is 2.72. The minimum absolute atomic E-state index is 0.136. The van der Waals surface area contributed by atoms with Gasteiger partial charge in [-0.05, 0) is 30.2 Å². The average Bonchev–Trinajstić information content (AvgIpc) is 2.56. The van der Waals surface area contributed by atoms with Crippen molar-refractivity contribution in [1.82, 2.24) is 5.32 Å². The fraction of sp³-hybridized carbons (Fsp3) is 0.364. The van der Waals surface area contributed by atoms with Crippen LogP contribution in [0.25, 0.3) is 0 Å². The number of carbonyl (C=O) groups is 1. The summed E-state index contributed by atoms with van der Waals surface area (Å²) >= 11 is 0. The van der Waals surface area contributed by atoms with Gasteiger partial charge in [-0.1, -0.05) is 6.07 Å². The molecule has 1 atom stereocenters. The van der Waals surface area contributed by atoms with Crippen molar-refractivity contribution in [1.29, 1.82) is 0 Å². The zero-order valence-electron chi connectivity index (χ0n) is 8.21. The Balaban J connectivity index is 2.31. The Morgan fingerprint density at radius 2 is 2.29 bits per heavy atom. The normalized spacial score (nSPS) is 20.9. The summed E-state index contributed by atoms with van der Waals surface area (Å²) in [6, 6.07) is 5.87. The monoisotopic (exact) mass is 190 g/mol. The molecule has 0 bridgehead atoms. The number of hydrogen-bond donors (Lipinski definition) is 2. The van der Waals surface area contributed by atoms with Crippen molar-refractivity contribution < 1.29 is 4.79 Å². The fourth-order valence-electron chi connectivity index (χ4n) is 1.92. The summed E-state index contributed by atoms with van der Waals surface area (Å²) < 4.78 is 0. The quantitative estimate of drug-likeness (QED) is 0.653. The Morgan fingerprint density at radius 1 is 1.50 bits per heavy atom. The Hall–Kier alpha value is -1.51. The van der Waals surface area contributed by atoms with Gasteiger partial charge in [0.1, 0.15) is 0 Å². The van der Waals surface area contributed by atoms with Gasteiger partial charge in [0.2, 0.25) is 5.91 Å². The number of nitrogens with two attached hydrogens (primary N) is 1. The van der Waals surface area contributed by atoms with Crippen LogP contribution in [0.4, 0.5) is 5.69 Å².